The van der Waals surface area contributed by atoms with Crippen molar-refractivity contribution in [3.05, 3.63) is 33.3 Å². The number of hydrogen-bond acceptors (Lipinski definition) is 7. The number of likely N-dealkylation sites (tertiary alicyclic amines) is 1. The summed E-state index contributed by atoms with van der Waals surface area (Å²) in [6, 6.07) is 2.70. The van der Waals surface area contributed by atoms with Crippen LogP contribution in [0.15, 0.2) is 12.3 Å². The van der Waals surface area contributed by atoms with E-state index in [1.165, 1.54) is 21.6 Å². The van der Waals surface area contributed by atoms with E-state index in [9.17, 15) is 8.42 Å². The lowest BCUT2D eigenvalue weighted by Gasteiger charge is -2.47. The van der Waals surface area contributed by atoms with Crippen LogP contribution in [0.1, 0.15) is 40.8 Å². The van der Waals surface area contributed by atoms with E-state index in [1.807, 2.05) is 17.5 Å². The Morgan fingerprint density at radius 1 is 1.43 bits per heavy atom. The molecule has 1 unspecified atom stereocenters. The van der Waals surface area contributed by atoms with Crippen molar-refractivity contribution in [1.82, 2.24) is 19.9 Å². The zero-order valence-electron chi connectivity index (χ0n) is 16.7. The fraction of sp³-hybridized carbons (Fsp3) is 0.684. The van der Waals surface area contributed by atoms with E-state index in [0.717, 1.165) is 44.7 Å². The van der Waals surface area contributed by atoms with Gasteiger partial charge in [-0.3, -0.25) is 9.58 Å². The standard InChI is InChI=1S/C19H28N4O3S2/c1-14-11-19(17-10-15(2)27-18(17)4-8-26-19)5-6-22(14)12-16-13-23(21-20-16)7-9-28(3,24)25/h10,13-14H,4-9,11-12H2,1-3H3/t14-,19?/m0/s1. The van der Waals surface area contributed by atoms with Gasteiger partial charge in [0, 0.05) is 47.8 Å². The first-order chi connectivity index (χ1) is 13.2. The normalized spacial score (nSPS) is 25.9. The first-order valence-electron chi connectivity index (χ1n) is 9.79. The van der Waals surface area contributed by atoms with E-state index in [0.29, 0.717) is 12.6 Å². The van der Waals surface area contributed by atoms with E-state index < -0.39 is 9.84 Å². The first-order valence-corrected chi connectivity index (χ1v) is 12.7. The predicted octanol–water partition coefficient (Wildman–Crippen LogP) is 2.15. The van der Waals surface area contributed by atoms with Crippen LogP contribution in [0.2, 0.25) is 0 Å². The number of piperidine rings is 1. The summed E-state index contributed by atoms with van der Waals surface area (Å²) in [5.41, 5.74) is 2.16. The van der Waals surface area contributed by atoms with Gasteiger partial charge in [-0.25, -0.2) is 8.42 Å². The van der Waals surface area contributed by atoms with Crippen LogP contribution in [0.3, 0.4) is 0 Å². The van der Waals surface area contributed by atoms with Gasteiger partial charge in [-0.2, -0.15) is 0 Å². The second kappa shape index (κ2) is 7.51. The highest BCUT2D eigenvalue weighted by Gasteiger charge is 2.44. The topological polar surface area (TPSA) is 77.3 Å². The van der Waals surface area contributed by atoms with E-state index in [2.05, 4.69) is 35.1 Å². The van der Waals surface area contributed by atoms with Crippen molar-refractivity contribution >= 4 is 21.2 Å². The number of aromatic nitrogens is 3. The van der Waals surface area contributed by atoms with Gasteiger partial charge in [-0.1, -0.05) is 5.21 Å². The van der Waals surface area contributed by atoms with Crippen molar-refractivity contribution in [3.63, 3.8) is 0 Å². The Bertz CT molecular complexity index is 952. The van der Waals surface area contributed by atoms with Gasteiger partial charge in [-0.15, -0.1) is 16.4 Å². The monoisotopic (exact) mass is 424 g/mol. The molecule has 1 saturated heterocycles. The Morgan fingerprint density at radius 2 is 2.25 bits per heavy atom. The molecule has 1 spiro atoms. The van der Waals surface area contributed by atoms with Gasteiger partial charge < -0.3 is 4.74 Å². The van der Waals surface area contributed by atoms with Crippen molar-refractivity contribution in [3.8, 4) is 0 Å². The van der Waals surface area contributed by atoms with Crippen molar-refractivity contribution in [2.75, 3.05) is 25.2 Å². The number of thiophene rings is 1. The summed E-state index contributed by atoms with van der Waals surface area (Å²) in [4.78, 5) is 5.29. The van der Waals surface area contributed by atoms with Crippen LogP contribution in [0.5, 0.6) is 0 Å². The summed E-state index contributed by atoms with van der Waals surface area (Å²) >= 11 is 1.91. The second-order valence-electron chi connectivity index (χ2n) is 8.16. The molecule has 2 aliphatic heterocycles. The van der Waals surface area contributed by atoms with E-state index in [1.54, 1.807) is 4.68 Å². The smallest absolute Gasteiger partial charge is 0.149 e. The molecule has 9 heteroatoms. The highest BCUT2D eigenvalue weighted by molar-refractivity contribution is 7.90. The second-order valence-corrected chi connectivity index (χ2v) is 11.8. The van der Waals surface area contributed by atoms with Gasteiger partial charge >= 0.3 is 0 Å². The average Bonchev–Trinajstić information content (AvgIpc) is 3.22. The maximum Gasteiger partial charge on any atom is 0.149 e. The number of hydrogen-bond donors (Lipinski definition) is 0. The van der Waals surface area contributed by atoms with Crippen molar-refractivity contribution in [2.24, 2.45) is 0 Å². The molecule has 28 heavy (non-hydrogen) atoms. The molecule has 7 nitrogen and oxygen atoms in total. The number of sulfone groups is 1. The molecule has 154 valence electrons. The maximum absolute atomic E-state index is 11.3. The summed E-state index contributed by atoms with van der Waals surface area (Å²) in [5.74, 6) is 0.0815. The number of ether oxygens (including phenoxy) is 1. The molecule has 0 radical (unpaired) electrons. The number of nitrogens with zero attached hydrogens (tertiary/aromatic N) is 4. The summed E-state index contributed by atoms with van der Waals surface area (Å²) in [6.07, 6.45) is 6.11. The zero-order chi connectivity index (χ0) is 19.9. The molecular formula is C19H28N4O3S2. The fourth-order valence-electron chi connectivity index (χ4n) is 4.40. The minimum atomic E-state index is -3.00. The quantitative estimate of drug-likeness (QED) is 0.732. The van der Waals surface area contributed by atoms with Crippen molar-refractivity contribution in [1.29, 1.82) is 0 Å². The van der Waals surface area contributed by atoms with Gasteiger partial charge in [0.25, 0.3) is 0 Å². The van der Waals surface area contributed by atoms with Crippen molar-refractivity contribution < 1.29 is 13.2 Å². The molecule has 2 atom stereocenters. The van der Waals surface area contributed by atoms with E-state index >= 15 is 0 Å². The van der Waals surface area contributed by atoms with Crippen LogP contribution in [-0.4, -0.2) is 59.5 Å². The Kier molecular flexibility index (Phi) is 5.37. The largest absolute Gasteiger partial charge is 0.370 e. The molecule has 4 rings (SSSR count). The van der Waals surface area contributed by atoms with Crippen LogP contribution in [0, 0.1) is 6.92 Å². The Labute approximate surface area is 170 Å². The minimum absolute atomic E-state index is 0.0815. The molecule has 0 amide bonds. The van der Waals surface area contributed by atoms with Gasteiger partial charge in [0.05, 0.1) is 30.2 Å². The highest BCUT2D eigenvalue weighted by Crippen LogP contribution is 2.46. The summed E-state index contributed by atoms with van der Waals surface area (Å²) in [6.45, 7) is 7.28. The molecule has 4 heterocycles. The lowest BCUT2D eigenvalue weighted by atomic mass is 9.79. The molecule has 1 fully saturated rings. The molecule has 0 bridgehead atoms. The summed E-state index contributed by atoms with van der Waals surface area (Å²) in [5, 5.41) is 8.31. The zero-order valence-corrected chi connectivity index (χ0v) is 18.4. The Balaban J connectivity index is 1.41. The van der Waals surface area contributed by atoms with E-state index in [-0.39, 0.29) is 11.4 Å². The average molecular weight is 425 g/mol. The van der Waals surface area contributed by atoms with Gasteiger partial charge in [0.2, 0.25) is 0 Å². The minimum Gasteiger partial charge on any atom is -0.370 e. The third-order valence-electron chi connectivity index (χ3n) is 5.82. The molecule has 0 saturated carbocycles. The van der Waals surface area contributed by atoms with Gasteiger partial charge in [0.1, 0.15) is 9.84 Å². The fourth-order valence-corrected chi connectivity index (χ4v) is 6.03. The van der Waals surface area contributed by atoms with Crippen LogP contribution in [0.25, 0.3) is 0 Å². The van der Waals surface area contributed by atoms with E-state index in [4.69, 9.17) is 4.74 Å². The first kappa shape index (κ1) is 20.0. The SMILES string of the molecule is Cc1cc2c(s1)CCOC21CCN(Cc2cn(CCS(C)(=O)=O)nn2)[C@@H](C)C1. The summed E-state index contributed by atoms with van der Waals surface area (Å²) in [7, 11) is -3.00. The Hall–Kier alpha value is -1.29. The molecule has 0 aliphatic carbocycles. The van der Waals surface area contributed by atoms with Gasteiger partial charge in [-0.05, 0) is 38.3 Å². The van der Waals surface area contributed by atoms with Crippen LogP contribution < -0.4 is 0 Å². The lowest BCUT2D eigenvalue weighted by molar-refractivity contribution is -0.112. The van der Waals surface area contributed by atoms with Crippen LogP contribution in [-0.2, 0) is 39.7 Å². The van der Waals surface area contributed by atoms with Gasteiger partial charge in [0.15, 0.2) is 0 Å². The molecule has 2 aliphatic rings. The lowest BCUT2D eigenvalue weighted by Crippen LogP contribution is -2.50. The summed E-state index contributed by atoms with van der Waals surface area (Å²) < 4.78 is 30.7. The third-order valence-corrected chi connectivity index (χ3v) is 7.86. The highest BCUT2D eigenvalue weighted by atomic mass is 32.2. The third kappa shape index (κ3) is 4.17. The molecule has 2 aromatic heterocycles. The number of fused-ring (bicyclic) bond motifs is 2. The number of aryl methyl sites for hydroxylation is 2. The van der Waals surface area contributed by atoms with Crippen LogP contribution in [0.4, 0.5) is 0 Å². The van der Waals surface area contributed by atoms with Crippen LogP contribution >= 0.6 is 11.3 Å². The maximum atomic E-state index is 11.3. The number of rotatable bonds is 5. The molecule has 0 aromatic carbocycles. The molecule has 0 N–H and O–H groups in total. The molecular weight excluding hydrogens is 396 g/mol. The predicted molar refractivity (Wildman–Crippen MR) is 109 cm³/mol. The van der Waals surface area contributed by atoms with Crippen molar-refractivity contribution in [2.45, 2.75) is 57.8 Å². The Morgan fingerprint density at radius 3 is 3.00 bits per heavy atom. The molecule has 2 aromatic rings.